The average Bonchev–Trinajstić information content (AvgIpc) is 2.63. The van der Waals surface area contributed by atoms with Crippen LogP contribution in [0.3, 0.4) is 0 Å². The molecule has 1 aliphatic rings. The number of phenols is 1. The molecule has 4 heteroatoms. The molecule has 2 N–H and O–H groups in total. The molecule has 0 spiro atoms. The number of aromatic hydroxyl groups is 1. The molecule has 0 saturated carbocycles. The van der Waals surface area contributed by atoms with Crippen LogP contribution < -0.4 is 0 Å². The second-order valence-corrected chi connectivity index (χ2v) is 7.72. The summed E-state index contributed by atoms with van der Waals surface area (Å²) in [7, 11) is 4.09. The first-order chi connectivity index (χ1) is 12.5. The summed E-state index contributed by atoms with van der Waals surface area (Å²) in [6.07, 6.45) is 1.71. The van der Waals surface area contributed by atoms with Crippen LogP contribution in [0.4, 0.5) is 0 Å². The maximum Gasteiger partial charge on any atom is 0.115 e. The SMILES string of the molecule is CN(C)CC1CN(CCc2ccccc2)CCC1(O)c1cccc(O)c1. The zero-order chi connectivity index (χ0) is 18.6. The second kappa shape index (κ2) is 8.21. The van der Waals surface area contributed by atoms with Crippen molar-refractivity contribution in [3.63, 3.8) is 0 Å². The fourth-order valence-electron chi connectivity index (χ4n) is 4.03. The van der Waals surface area contributed by atoms with E-state index in [1.165, 1.54) is 5.56 Å². The molecule has 26 heavy (non-hydrogen) atoms. The first kappa shape index (κ1) is 18.9. The number of hydrogen-bond donors (Lipinski definition) is 2. The molecule has 0 bridgehead atoms. The number of nitrogens with zero attached hydrogens (tertiary/aromatic N) is 2. The number of rotatable bonds is 6. The van der Waals surface area contributed by atoms with E-state index in [1.54, 1.807) is 12.1 Å². The van der Waals surface area contributed by atoms with Crippen molar-refractivity contribution in [3.8, 4) is 5.75 Å². The first-order valence-electron chi connectivity index (χ1n) is 9.40. The predicted octanol–water partition coefficient (Wildman–Crippen LogP) is 2.71. The predicted molar refractivity (Wildman–Crippen MR) is 105 cm³/mol. The zero-order valence-corrected chi connectivity index (χ0v) is 15.8. The summed E-state index contributed by atoms with van der Waals surface area (Å²) in [5, 5.41) is 21.4. The van der Waals surface area contributed by atoms with Gasteiger partial charge in [0.25, 0.3) is 0 Å². The zero-order valence-electron chi connectivity index (χ0n) is 15.8. The molecule has 4 nitrogen and oxygen atoms in total. The van der Waals surface area contributed by atoms with Crippen LogP contribution in [0.1, 0.15) is 17.5 Å². The Morgan fingerprint density at radius 3 is 2.58 bits per heavy atom. The van der Waals surface area contributed by atoms with Gasteiger partial charge in [0.15, 0.2) is 0 Å². The molecule has 2 unspecified atom stereocenters. The lowest BCUT2D eigenvalue weighted by atomic mass is 9.75. The highest BCUT2D eigenvalue weighted by Gasteiger charge is 2.42. The van der Waals surface area contributed by atoms with E-state index in [4.69, 9.17) is 0 Å². The van der Waals surface area contributed by atoms with Gasteiger partial charge in [-0.15, -0.1) is 0 Å². The average molecular weight is 354 g/mol. The lowest BCUT2D eigenvalue weighted by Gasteiger charge is -2.46. The Morgan fingerprint density at radius 2 is 1.88 bits per heavy atom. The summed E-state index contributed by atoms with van der Waals surface area (Å²) in [4.78, 5) is 4.59. The number of phenolic OH excluding ortho intramolecular Hbond substituents is 1. The van der Waals surface area contributed by atoms with Crippen LogP contribution >= 0.6 is 0 Å². The van der Waals surface area contributed by atoms with Crippen LogP contribution in [0.25, 0.3) is 0 Å². The molecule has 2 aromatic rings. The van der Waals surface area contributed by atoms with Gasteiger partial charge in [-0.3, -0.25) is 0 Å². The Hall–Kier alpha value is -1.88. The highest BCUT2D eigenvalue weighted by molar-refractivity contribution is 5.32. The number of hydrogen-bond acceptors (Lipinski definition) is 4. The lowest BCUT2D eigenvalue weighted by molar-refractivity contribution is -0.0844. The third-order valence-electron chi connectivity index (χ3n) is 5.45. The van der Waals surface area contributed by atoms with E-state index in [0.717, 1.165) is 38.2 Å². The molecular formula is C22H30N2O2. The monoisotopic (exact) mass is 354 g/mol. The number of benzene rings is 2. The van der Waals surface area contributed by atoms with Gasteiger partial charge in [-0.25, -0.2) is 0 Å². The summed E-state index contributed by atoms with van der Waals surface area (Å²) >= 11 is 0. The minimum absolute atomic E-state index is 0.101. The summed E-state index contributed by atoms with van der Waals surface area (Å²) in [5.41, 5.74) is 1.28. The van der Waals surface area contributed by atoms with Crippen molar-refractivity contribution >= 4 is 0 Å². The van der Waals surface area contributed by atoms with E-state index < -0.39 is 5.60 Å². The lowest BCUT2D eigenvalue weighted by Crippen LogP contribution is -2.53. The smallest absolute Gasteiger partial charge is 0.115 e. The molecule has 140 valence electrons. The molecule has 3 rings (SSSR count). The summed E-state index contributed by atoms with van der Waals surface area (Å²) in [6, 6.07) is 17.7. The van der Waals surface area contributed by atoms with Gasteiger partial charge >= 0.3 is 0 Å². The number of aliphatic hydroxyl groups is 1. The summed E-state index contributed by atoms with van der Waals surface area (Å²) in [6.45, 7) is 3.54. The molecule has 2 aromatic carbocycles. The van der Waals surface area contributed by atoms with Crippen molar-refractivity contribution < 1.29 is 10.2 Å². The van der Waals surface area contributed by atoms with Crippen LogP contribution in [-0.4, -0.2) is 60.3 Å². The highest BCUT2D eigenvalue weighted by Crippen LogP contribution is 2.38. The van der Waals surface area contributed by atoms with E-state index in [0.29, 0.717) is 6.42 Å². The fourth-order valence-corrected chi connectivity index (χ4v) is 4.03. The molecule has 0 aromatic heterocycles. The standard InChI is InChI=1S/C22H30N2O2/c1-23(2)16-20-17-24(13-11-18-7-4-3-5-8-18)14-12-22(20,26)19-9-6-10-21(25)15-19/h3-10,15,20,25-26H,11-14,16-17H2,1-2H3. The topological polar surface area (TPSA) is 46.9 Å². The van der Waals surface area contributed by atoms with Gasteiger partial charge in [0.2, 0.25) is 0 Å². The molecule has 1 aliphatic heterocycles. The van der Waals surface area contributed by atoms with Crippen molar-refractivity contribution in [3.05, 3.63) is 65.7 Å². The van der Waals surface area contributed by atoms with E-state index in [9.17, 15) is 10.2 Å². The van der Waals surface area contributed by atoms with Crippen molar-refractivity contribution in [1.82, 2.24) is 9.80 Å². The maximum atomic E-state index is 11.5. The largest absolute Gasteiger partial charge is 0.508 e. The Morgan fingerprint density at radius 1 is 1.12 bits per heavy atom. The van der Waals surface area contributed by atoms with Crippen molar-refractivity contribution in [2.24, 2.45) is 5.92 Å². The second-order valence-electron chi connectivity index (χ2n) is 7.72. The van der Waals surface area contributed by atoms with Crippen LogP contribution in [0.5, 0.6) is 5.75 Å². The van der Waals surface area contributed by atoms with Crippen LogP contribution in [0.2, 0.25) is 0 Å². The van der Waals surface area contributed by atoms with E-state index in [1.807, 2.05) is 32.3 Å². The molecule has 1 fully saturated rings. The fraction of sp³-hybridized carbons (Fsp3) is 0.455. The molecule has 0 amide bonds. The van der Waals surface area contributed by atoms with Crippen molar-refractivity contribution in [2.45, 2.75) is 18.4 Å². The molecule has 0 aliphatic carbocycles. The minimum Gasteiger partial charge on any atom is -0.508 e. The molecular weight excluding hydrogens is 324 g/mol. The van der Waals surface area contributed by atoms with Gasteiger partial charge in [0, 0.05) is 32.1 Å². The van der Waals surface area contributed by atoms with Gasteiger partial charge in [-0.2, -0.15) is 0 Å². The Labute approximate surface area is 156 Å². The Bertz CT molecular complexity index is 704. The van der Waals surface area contributed by atoms with Gasteiger partial charge in [-0.1, -0.05) is 42.5 Å². The molecule has 2 atom stereocenters. The molecule has 1 heterocycles. The first-order valence-corrected chi connectivity index (χ1v) is 9.40. The van der Waals surface area contributed by atoms with Crippen LogP contribution in [0.15, 0.2) is 54.6 Å². The van der Waals surface area contributed by atoms with Crippen LogP contribution in [-0.2, 0) is 12.0 Å². The Kier molecular flexibility index (Phi) is 5.97. The normalized spacial score (nSPS) is 24.1. The van der Waals surface area contributed by atoms with Crippen LogP contribution in [0, 0.1) is 5.92 Å². The number of likely N-dealkylation sites (tertiary alicyclic amines) is 1. The van der Waals surface area contributed by atoms with Gasteiger partial charge in [0.1, 0.15) is 5.75 Å². The van der Waals surface area contributed by atoms with Crippen molar-refractivity contribution in [2.75, 3.05) is 40.3 Å². The number of piperidine rings is 1. The third-order valence-corrected chi connectivity index (χ3v) is 5.45. The Balaban J connectivity index is 1.72. The maximum absolute atomic E-state index is 11.5. The van der Waals surface area contributed by atoms with E-state index >= 15 is 0 Å². The third kappa shape index (κ3) is 4.44. The van der Waals surface area contributed by atoms with Gasteiger partial charge in [-0.05, 0) is 50.2 Å². The highest BCUT2D eigenvalue weighted by atomic mass is 16.3. The minimum atomic E-state index is -0.897. The quantitative estimate of drug-likeness (QED) is 0.837. The van der Waals surface area contributed by atoms with Crippen molar-refractivity contribution in [1.29, 1.82) is 0 Å². The van der Waals surface area contributed by atoms with Gasteiger partial charge in [0.05, 0.1) is 5.60 Å². The van der Waals surface area contributed by atoms with E-state index in [-0.39, 0.29) is 11.7 Å². The molecule has 0 radical (unpaired) electrons. The summed E-state index contributed by atoms with van der Waals surface area (Å²) < 4.78 is 0. The summed E-state index contributed by atoms with van der Waals surface area (Å²) in [5.74, 6) is 0.315. The van der Waals surface area contributed by atoms with E-state index in [2.05, 4.69) is 34.1 Å². The molecule has 1 saturated heterocycles. The van der Waals surface area contributed by atoms with Gasteiger partial charge < -0.3 is 20.0 Å².